The van der Waals surface area contributed by atoms with Gasteiger partial charge in [0.25, 0.3) is 0 Å². The molecule has 0 amide bonds. The molecule has 3 N–H and O–H groups in total. The zero-order valence-electron chi connectivity index (χ0n) is 9.12. The van der Waals surface area contributed by atoms with Crippen LogP contribution in [0.1, 0.15) is 38.5 Å². The molecule has 0 aliphatic carbocycles. The summed E-state index contributed by atoms with van der Waals surface area (Å²) in [7, 11) is 0. The van der Waals surface area contributed by atoms with Crippen LogP contribution in [0.15, 0.2) is 0 Å². The maximum absolute atomic E-state index is 8.73. The Hall–Kier alpha value is -0.120. The number of likely N-dealkylation sites (tertiary alicyclic amines) is 1. The number of aliphatic hydroxyl groups is 1. The van der Waals surface area contributed by atoms with Crippen LogP contribution >= 0.6 is 0 Å². The summed E-state index contributed by atoms with van der Waals surface area (Å²) in [6, 6.07) is 0.715. The zero-order valence-corrected chi connectivity index (χ0v) is 9.12. The summed E-state index contributed by atoms with van der Waals surface area (Å²) < 4.78 is 0. The Morgan fingerprint density at radius 3 is 2.86 bits per heavy atom. The molecular formula is C11H24N2O. The minimum atomic E-state index is 0.329. The van der Waals surface area contributed by atoms with Crippen molar-refractivity contribution in [2.45, 2.75) is 44.6 Å². The predicted molar refractivity (Wildman–Crippen MR) is 59.2 cm³/mol. The first-order chi connectivity index (χ1) is 6.88. The molecule has 1 heterocycles. The summed E-state index contributed by atoms with van der Waals surface area (Å²) in [6.45, 7) is 3.51. The van der Waals surface area contributed by atoms with Gasteiger partial charge in [-0.15, -0.1) is 0 Å². The van der Waals surface area contributed by atoms with Crippen LogP contribution in [-0.2, 0) is 0 Å². The largest absolute Gasteiger partial charge is 0.396 e. The van der Waals surface area contributed by atoms with Crippen LogP contribution in [-0.4, -0.2) is 42.3 Å². The van der Waals surface area contributed by atoms with E-state index in [1.54, 1.807) is 0 Å². The van der Waals surface area contributed by atoms with Crippen molar-refractivity contribution in [1.82, 2.24) is 4.90 Å². The van der Waals surface area contributed by atoms with Crippen LogP contribution in [0.25, 0.3) is 0 Å². The fourth-order valence-electron chi connectivity index (χ4n) is 2.30. The average molecular weight is 200 g/mol. The van der Waals surface area contributed by atoms with Gasteiger partial charge in [-0.1, -0.05) is 6.42 Å². The van der Waals surface area contributed by atoms with Crippen LogP contribution in [0.4, 0.5) is 0 Å². The van der Waals surface area contributed by atoms with E-state index < -0.39 is 0 Å². The van der Waals surface area contributed by atoms with Crippen molar-refractivity contribution in [1.29, 1.82) is 0 Å². The minimum absolute atomic E-state index is 0.329. The third-order valence-corrected chi connectivity index (χ3v) is 3.10. The summed E-state index contributed by atoms with van der Waals surface area (Å²) in [5, 5.41) is 8.73. The van der Waals surface area contributed by atoms with Crippen LogP contribution in [0.5, 0.6) is 0 Å². The molecular weight excluding hydrogens is 176 g/mol. The van der Waals surface area contributed by atoms with Gasteiger partial charge in [0.2, 0.25) is 0 Å². The molecule has 0 aromatic rings. The van der Waals surface area contributed by atoms with E-state index in [1.165, 1.54) is 25.8 Å². The van der Waals surface area contributed by atoms with Gasteiger partial charge >= 0.3 is 0 Å². The number of piperidine rings is 1. The number of nitrogens with zero attached hydrogens (tertiary/aromatic N) is 1. The van der Waals surface area contributed by atoms with Crippen molar-refractivity contribution in [3.05, 3.63) is 0 Å². The first-order valence-corrected chi connectivity index (χ1v) is 5.93. The second kappa shape index (κ2) is 7.21. The molecule has 14 heavy (non-hydrogen) atoms. The molecule has 1 fully saturated rings. The summed E-state index contributed by atoms with van der Waals surface area (Å²) in [4.78, 5) is 2.56. The standard InChI is InChI=1S/C11H24N2O/c12-7-6-11-5-1-2-8-13(11)9-3-4-10-14/h11,14H,1-10,12H2. The van der Waals surface area contributed by atoms with Gasteiger partial charge in [0, 0.05) is 12.6 Å². The predicted octanol–water partition coefficient (Wildman–Crippen LogP) is 0.962. The normalized spacial score (nSPS) is 24.0. The molecule has 1 unspecified atom stereocenters. The third-order valence-electron chi connectivity index (χ3n) is 3.10. The van der Waals surface area contributed by atoms with E-state index in [1.807, 2.05) is 0 Å². The van der Waals surface area contributed by atoms with E-state index in [9.17, 15) is 0 Å². The van der Waals surface area contributed by atoms with Crippen LogP contribution in [0, 0.1) is 0 Å². The molecule has 3 heteroatoms. The molecule has 1 aliphatic heterocycles. The Bertz CT molecular complexity index is 139. The van der Waals surface area contributed by atoms with Crippen molar-refractivity contribution in [3.8, 4) is 0 Å². The lowest BCUT2D eigenvalue weighted by Crippen LogP contribution is -2.41. The molecule has 0 spiro atoms. The van der Waals surface area contributed by atoms with E-state index in [4.69, 9.17) is 10.8 Å². The Morgan fingerprint density at radius 2 is 2.14 bits per heavy atom. The fraction of sp³-hybridized carbons (Fsp3) is 1.00. The second-order valence-electron chi connectivity index (χ2n) is 4.19. The van der Waals surface area contributed by atoms with Gasteiger partial charge in [0.15, 0.2) is 0 Å². The van der Waals surface area contributed by atoms with Gasteiger partial charge in [-0.2, -0.15) is 0 Å². The van der Waals surface area contributed by atoms with Crippen LogP contribution in [0.3, 0.4) is 0 Å². The lowest BCUT2D eigenvalue weighted by Gasteiger charge is -2.35. The number of hydrogen-bond donors (Lipinski definition) is 2. The highest BCUT2D eigenvalue weighted by molar-refractivity contribution is 4.76. The first-order valence-electron chi connectivity index (χ1n) is 5.93. The van der Waals surface area contributed by atoms with Crippen LogP contribution in [0.2, 0.25) is 0 Å². The van der Waals surface area contributed by atoms with E-state index in [0.717, 1.165) is 32.4 Å². The summed E-state index contributed by atoms with van der Waals surface area (Å²) >= 11 is 0. The van der Waals surface area contributed by atoms with Crippen molar-refractivity contribution in [2.24, 2.45) is 5.73 Å². The van der Waals surface area contributed by atoms with Crippen molar-refractivity contribution in [3.63, 3.8) is 0 Å². The number of unbranched alkanes of at least 4 members (excludes halogenated alkanes) is 1. The maximum Gasteiger partial charge on any atom is 0.0431 e. The first kappa shape index (κ1) is 12.0. The van der Waals surface area contributed by atoms with Crippen molar-refractivity contribution >= 4 is 0 Å². The number of aliphatic hydroxyl groups excluding tert-OH is 1. The SMILES string of the molecule is NCCC1CCCCN1CCCCO. The molecule has 0 aromatic carbocycles. The molecule has 0 bridgehead atoms. The van der Waals surface area contributed by atoms with E-state index in [2.05, 4.69) is 4.90 Å². The number of hydrogen-bond acceptors (Lipinski definition) is 3. The molecule has 3 nitrogen and oxygen atoms in total. The van der Waals surface area contributed by atoms with E-state index in [0.29, 0.717) is 12.6 Å². The quantitative estimate of drug-likeness (QED) is 0.628. The van der Waals surface area contributed by atoms with Gasteiger partial charge in [0.05, 0.1) is 0 Å². The molecule has 1 rings (SSSR count). The average Bonchev–Trinajstić information content (AvgIpc) is 2.21. The van der Waals surface area contributed by atoms with E-state index in [-0.39, 0.29) is 0 Å². The molecule has 1 atom stereocenters. The van der Waals surface area contributed by atoms with Crippen molar-refractivity contribution in [2.75, 3.05) is 26.2 Å². The third kappa shape index (κ3) is 3.95. The smallest absolute Gasteiger partial charge is 0.0431 e. The van der Waals surface area contributed by atoms with Gasteiger partial charge in [-0.25, -0.2) is 0 Å². The Balaban J connectivity index is 2.22. The van der Waals surface area contributed by atoms with Gasteiger partial charge in [-0.3, -0.25) is 0 Å². The van der Waals surface area contributed by atoms with Crippen molar-refractivity contribution < 1.29 is 5.11 Å². The summed E-state index contributed by atoms with van der Waals surface area (Å²) in [6.07, 6.45) is 7.21. The summed E-state index contributed by atoms with van der Waals surface area (Å²) in [5.41, 5.74) is 5.61. The van der Waals surface area contributed by atoms with Gasteiger partial charge < -0.3 is 15.7 Å². The molecule has 0 saturated carbocycles. The minimum Gasteiger partial charge on any atom is -0.396 e. The highest BCUT2D eigenvalue weighted by atomic mass is 16.2. The molecule has 0 radical (unpaired) electrons. The Kier molecular flexibility index (Phi) is 6.15. The van der Waals surface area contributed by atoms with Crippen LogP contribution < -0.4 is 5.73 Å². The highest BCUT2D eigenvalue weighted by Crippen LogP contribution is 2.19. The van der Waals surface area contributed by atoms with Gasteiger partial charge in [-0.05, 0) is 51.7 Å². The fourth-order valence-corrected chi connectivity index (χ4v) is 2.30. The maximum atomic E-state index is 8.73. The van der Waals surface area contributed by atoms with E-state index >= 15 is 0 Å². The number of rotatable bonds is 6. The molecule has 0 aromatic heterocycles. The number of nitrogens with two attached hydrogens (primary N) is 1. The molecule has 1 aliphatic rings. The lowest BCUT2D eigenvalue weighted by molar-refractivity contribution is 0.136. The highest BCUT2D eigenvalue weighted by Gasteiger charge is 2.20. The monoisotopic (exact) mass is 200 g/mol. The van der Waals surface area contributed by atoms with Gasteiger partial charge in [0.1, 0.15) is 0 Å². The molecule has 84 valence electrons. The lowest BCUT2D eigenvalue weighted by atomic mass is 9.99. The molecule has 1 saturated heterocycles. The zero-order chi connectivity index (χ0) is 10.2. The summed E-state index contributed by atoms with van der Waals surface area (Å²) in [5.74, 6) is 0. The Labute approximate surface area is 87.3 Å². The second-order valence-corrected chi connectivity index (χ2v) is 4.19. The Morgan fingerprint density at radius 1 is 1.29 bits per heavy atom. The topological polar surface area (TPSA) is 49.5 Å².